The second-order valence-electron chi connectivity index (χ2n) is 7.38. The van der Waals surface area contributed by atoms with Crippen LogP contribution in [0, 0.1) is 13.8 Å². The highest BCUT2D eigenvalue weighted by Gasteiger charge is 2.11. The Bertz CT molecular complexity index is 1140. The monoisotopic (exact) mass is 420 g/mol. The van der Waals surface area contributed by atoms with Crippen LogP contribution in [0.4, 0.5) is 0 Å². The Kier molecular flexibility index (Phi) is 6.24. The summed E-state index contributed by atoms with van der Waals surface area (Å²) in [6, 6.07) is 21.9. The molecule has 0 aliphatic heterocycles. The van der Waals surface area contributed by atoms with Crippen LogP contribution < -0.4 is 9.47 Å². The zero-order chi connectivity index (χ0) is 20.9. The van der Waals surface area contributed by atoms with Gasteiger partial charge in [0.25, 0.3) is 0 Å². The van der Waals surface area contributed by atoms with E-state index in [1.807, 2.05) is 42.5 Å². The van der Waals surface area contributed by atoms with Gasteiger partial charge < -0.3 is 14.0 Å². The van der Waals surface area contributed by atoms with E-state index in [1.165, 1.54) is 5.56 Å². The lowest BCUT2D eigenvalue weighted by Crippen LogP contribution is -2.10. The van der Waals surface area contributed by atoms with Gasteiger partial charge in [-0.15, -0.1) is 0 Å². The van der Waals surface area contributed by atoms with Crippen molar-refractivity contribution in [1.29, 1.82) is 0 Å². The van der Waals surface area contributed by atoms with Gasteiger partial charge in [0.15, 0.2) is 0 Å². The molecule has 0 saturated carbocycles. The first-order valence-corrected chi connectivity index (χ1v) is 10.5. The van der Waals surface area contributed by atoms with Crippen LogP contribution in [0.5, 0.6) is 11.5 Å². The molecule has 4 aromatic rings. The standard InChI is InChI=1S/C25H25ClN2O2/c1-18-8-9-19(2)24(16-18)29-15-5-14-28-23-7-4-3-6-22(23)27-25(28)17-30-21-12-10-20(26)11-13-21/h3-4,6-13,16H,5,14-15,17H2,1-2H3. The summed E-state index contributed by atoms with van der Waals surface area (Å²) in [4.78, 5) is 4.78. The van der Waals surface area contributed by atoms with Crippen LogP contribution >= 0.6 is 11.6 Å². The Morgan fingerprint density at radius 3 is 2.57 bits per heavy atom. The summed E-state index contributed by atoms with van der Waals surface area (Å²) in [5, 5.41) is 0.693. The molecule has 4 rings (SSSR count). The molecule has 0 bridgehead atoms. The summed E-state index contributed by atoms with van der Waals surface area (Å²) < 4.78 is 14.2. The smallest absolute Gasteiger partial charge is 0.147 e. The Morgan fingerprint density at radius 2 is 1.73 bits per heavy atom. The summed E-state index contributed by atoms with van der Waals surface area (Å²) in [7, 11) is 0. The van der Waals surface area contributed by atoms with Crippen LogP contribution in [0.1, 0.15) is 23.4 Å². The van der Waals surface area contributed by atoms with E-state index >= 15 is 0 Å². The van der Waals surface area contributed by atoms with Crippen molar-refractivity contribution in [2.75, 3.05) is 6.61 Å². The fourth-order valence-corrected chi connectivity index (χ4v) is 3.56. The average Bonchev–Trinajstić information content (AvgIpc) is 3.10. The Morgan fingerprint density at radius 1 is 0.933 bits per heavy atom. The van der Waals surface area contributed by atoms with Gasteiger partial charge in [-0.05, 0) is 73.9 Å². The Hall–Kier alpha value is -2.98. The number of rotatable bonds is 8. The van der Waals surface area contributed by atoms with Gasteiger partial charge in [0.1, 0.15) is 23.9 Å². The molecule has 0 fully saturated rings. The van der Waals surface area contributed by atoms with E-state index in [9.17, 15) is 0 Å². The van der Waals surface area contributed by atoms with Crippen molar-refractivity contribution >= 4 is 22.6 Å². The van der Waals surface area contributed by atoms with Crippen molar-refractivity contribution in [1.82, 2.24) is 9.55 Å². The van der Waals surface area contributed by atoms with Crippen molar-refractivity contribution in [3.63, 3.8) is 0 Å². The van der Waals surface area contributed by atoms with Gasteiger partial charge in [-0.2, -0.15) is 0 Å². The lowest BCUT2D eigenvalue weighted by atomic mass is 10.1. The minimum atomic E-state index is 0.397. The zero-order valence-electron chi connectivity index (χ0n) is 17.3. The van der Waals surface area contributed by atoms with Crippen LogP contribution in [0.3, 0.4) is 0 Å². The highest BCUT2D eigenvalue weighted by atomic mass is 35.5. The van der Waals surface area contributed by atoms with Gasteiger partial charge in [-0.1, -0.05) is 35.9 Å². The molecule has 0 unspecified atom stereocenters. The zero-order valence-corrected chi connectivity index (χ0v) is 18.0. The first kappa shape index (κ1) is 20.3. The first-order valence-electron chi connectivity index (χ1n) is 10.1. The number of ether oxygens (including phenoxy) is 2. The number of aryl methyl sites for hydroxylation is 3. The third-order valence-electron chi connectivity index (χ3n) is 5.04. The Balaban J connectivity index is 1.44. The van der Waals surface area contributed by atoms with Crippen LogP contribution in [0.15, 0.2) is 66.7 Å². The summed E-state index contributed by atoms with van der Waals surface area (Å²) in [6.45, 7) is 6.01. The summed E-state index contributed by atoms with van der Waals surface area (Å²) in [6.07, 6.45) is 0.877. The number of hydrogen-bond donors (Lipinski definition) is 0. The van der Waals surface area contributed by atoms with Crippen molar-refractivity contribution in [2.45, 2.75) is 33.4 Å². The predicted molar refractivity (Wildman–Crippen MR) is 122 cm³/mol. The molecule has 0 atom stereocenters. The van der Waals surface area contributed by atoms with Gasteiger partial charge in [0.2, 0.25) is 0 Å². The quantitative estimate of drug-likeness (QED) is 0.311. The van der Waals surface area contributed by atoms with Gasteiger partial charge in [0, 0.05) is 11.6 Å². The second kappa shape index (κ2) is 9.23. The van der Waals surface area contributed by atoms with E-state index in [-0.39, 0.29) is 0 Å². The molecule has 5 heteroatoms. The molecule has 0 saturated heterocycles. The molecule has 1 heterocycles. The molecule has 4 nitrogen and oxygen atoms in total. The van der Waals surface area contributed by atoms with Crippen LogP contribution in [-0.4, -0.2) is 16.2 Å². The Labute approximate surface area is 182 Å². The van der Waals surface area contributed by atoms with Crippen LogP contribution in [-0.2, 0) is 13.2 Å². The van der Waals surface area contributed by atoms with E-state index in [4.69, 9.17) is 26.1 Å². The maximum absolute atomic E-state index is 6.03. The van der Waals surface area contributed by atoms with E-state index < -0.39 is 0 Å². The second-order valence-corrected chi connectivity index (χ2v) is 7.82. The van der Waals surface area contributed by atoms with E-state index in [0.717, 1.165) is 46.9 Å². The molecule has 154 valence electrons. The molecule has 0 N–H and O–H groups in total. The summed E-state index contributed by atoms with van der Waals surface area (Å²) >= 11 is 5.96. The largest absolute Gasteiger partial charge is 0.493 e. The lowest BCUT2D eigenvalue weighted by molar-refractivity contribution is 0.280. The van der Waals surface area contributed by atoms with E-state index in [2.05, 4.69) is 42.7 Å². The topological polar surface area (TPSA) is 36.3 Å². The third-order valence-corrected chi connectivity index (χ3v) is 5.29. The molecule has 30 heavy (non-hydrogen) atoms. The number of benzene rings is 3. The number of imidazole rings is 1. The molecule has 0 spiro atoms. The fourth-order valence-electron chi connectivity index (χ4n) is 3.43. The molecule has 1 aromatic heterocycles. The SMILES string of the molecule is Cc1ccc(C)c(OCCCn2c(COc3ccc(Cl)cc3)nc3ccccc32)c1. The van der Waals surface area contributed by atoms with Crippen molar-refractivity contribution in [3.8, 4) is 11.5 Å². The number of para-hydroxylation sites is 2. The maximum Gasteiger partial charge on any atom is 0.147 e. The van der Waals surface area contributed by atoms with Crippen molar-refractivity contribution < 1.29 is 9.47 Å². The number of nitrogens with zero attached hydrogens (tertiary/aromatic N) is 2. The number of halogens is 1. The van der Waals surface area contributed by atoms with Gasteiger partial charge in [0.05, 0.1) is 17.6 Å². The normalized spacial score (nSPS) is 11.0. The van der Waals surface area contributed by atoms with Gasteiger partial charge >= 0.3 is 0 Å². The molecular formula is C25H25ClN2O2. The molecule has 0 radical (unpaired) electrons. The molecule has 0 aliphatic carbocycles. The highest BCUT2D eigenvalue weighted by Crippen LogP contribution is 2.22. The molecule has 0 amide bonds. The first-order chi connectivity index (χ1) is 14.6. The summed E-state index contributed by atoms with van der Waals surface area (Å²) in [5.74, 6) is 2.63. The van der Waals surface area contributed by atoms with E-state index in [1.54, 1.807) is 0 Å². The number of aromatic nitrogens is 2. The average molecular weight is 421 g/mol. The number of fused-ring (bicyclic) bond motifs is 1. The van der Waals surface area contributed by atoms with Gasteiger partial charge in [-0.3, -0.25) is 0 Å². The van der Waals surface area contributed by atoms with Gasteiger partial charge in [-0.25, -0.2) is 4.98 Å². The van der Waals surface area contributed by atoms with Crippen LogP contribution in [0.25, 0.3) is 11.0 Å². The van der Waals surface area contributed by atoms with Crippen molar-refractivity contribution in [3.05, 3.63) is 88.7 Å². The number of hydrogen-bond acceptors (Lipinski definition) is 3. The molecule has 0 aliphatic rings. The lowest BCUT2D eigenvalue weighted by Gasteiger charge is -2.13. The highest BCUT2D eigenvalue weighted by molar-refractivity contribution is 6.30. The molecular weight excluding hydrogens is 396 g/mol. The minimum absolute atomic E-state index is 0.397. The predicted octanol–water partition coefficient (Wildman–Crippen LogP) is 6.35. The maximum atomic E-state index is 6.03. The van der Waals surface area contributed by atoms with Crippen molar-refractivity contribution in [2.24, 2.45) is 0 Å². The fraction of sp³-hybridized carbons (Fsp3) is 0.240. The van der Waals surface area contributed by atoms with Crippen LogP contribution in [0.2, 0.25) is 5.02 Å². The summed E-state index contributed by atoms with van der Waals surface area (Å²) in [5.41, 5.74) is 4.45. The molecule has 3 aromatic carbocycles. The third kappa shape index (κ3) is 4.77. The minimum Gasteiger partial charge on any atom is -0.493 e. The van der Waals surface area contributed by atoms with E-state index in [0.29, 0.717) is 18.2 Å².